The summed E-state index contributed by atoms with van der Waals surface area (Å²) in [6, 6.07) is 7.26. The Morgan fingerprint density at radius 1 is 1.27 bits per heavy atom. The molecule has 0 fully saturated rings. The molecule has 1 aromatic carbocycles. The van der Waals surface area contributed by atoms with E-state index in [0.29, 0.717) is 6.42 Å². The highest BCUT2D eigenvalue weighted by Gasteiger charge is 2.02. The number of nitrogens with two attached hydrogens (primary N) is 1. The molecule has 3 N–H and O–H groups in total. The lowest BCUT2D eigenvalue weighted by Crippen LogP contribution is -2.13. The zero-order valence-corrected chi connectivity index (χ0v) is 8.27. The Morgan fingerprint density at radius 2 is 1.93 bits per heavy atom. The predicted molar refractivity (Wildman–Crippen MR) is 55.3 cm³/mol. The van der Waals surface area contributed by atoms with Gasteiger partial charge in [0.1, 0.15) is 0 Å². The van der Waals surface area contributed by atoms with Crippen LogP contribution >= 0.6 is 0 Å². The van der Waals surface area contributed by atoms with E-state index in [4.69, 9.17) is 10.8 Å². The Bertz CT molecular complexity index is 374. The summed E-state index contributed by atoms with van der Waals surface area (Å²) < 4.78 is 0. The average Bonchev–Trinajstić information content (AvgIpc) is 2.14. The van der Waals surface area contributed by atoms with E-state index in [1.54, 1.807) is 12.1 Å². The molecule has 1 amide bonds. The molecule has 0 radical (unpaired) electrons. The maximum atomic E-state index is 10.7. The van der Waals surface area contributed by atoms with Gasteiger partial charge in [-0.15, -0.1) is 0 Å². The lowest BCUT2D eigenvalue weighted by atomic mass is 10.0. The van der Waals surface area contributed by atoms with Crippen LogP contribution in [0.15, 0.2) is 24.3 Å². The topological polar surface area (TPSA) is 80.4 Å². The van der Waals surface area contributed by atoms with Crippen molar-refractivity contribution >= 4 is 11.9 Å². The van der Waals surface area contributed by atoms with Crippen LogP contribution in [0.5, 0.6) is 0 Å². The van der Waals surface area contributed by atoms with Crippen molar-refractivity contribution in [2.75, 3.05) is 0 Å². The molecule has 0 saturated carbocycles. The molecule has 1 rings (SSSR count). The molecular weight excluding hydrogens is 194 g/mol. The smallest absolute Gasteiger partial charge is 0.303 e. The second-order valence-electron chi connectivity index (χ2n) is 3.36. The first-order chi connectivity index (χ1) is 7.08. The van der Waals surface area contributed by atoms with Crippen LogP contribution in [0.1, 0.15) is 17.5 Å². The highest BCUT2D eigenvalue weighted by atomic mass is 16.4. The third kappa shape index (κ3) is 4.26. The van der Waals surface area contributed by atoms with Crippen molar-refractivity contribution in [2.24, 2.45) is 5.73 Å². The van der Waals surface area contributed by atoms with Crippen LogP contribution in [0.2, 0.25) is 0 Å². The van der Waals surface area contributed by atoms with Gasteiger partial charge in [0.25, 0.3) is 0 Å². The number of carboxylic acid groups (broad SMARTS) is 1. The van der Waals surface area contributed by atoms with Crippen molar-refractivity contribution < 1.29 is 14.7 Å². The molecule has 80 valence electrons. The minimum Gasteiger partial charge on any atom is -0.481 e. The summed E-state index contributed by atoms with van der Waals surface area (Å²) in [4.78, 5) is 21.0. The minimum atomic E-state index is -0.824. The first-order valence-corrected chi connectivity index (χ1v) is 4.66. The summed E-state index contributed by atoms with van der Waals surface area (Å²) in [5.74, 6) is -1.21. The molecular formula is C11H13NO3. The van der Waals surface area contributed by atoms with Gasteiger partial charge in [-0.3, -0.25) is 9.59 Å². The van der Waals surface area contributed by atoms with E-state index in [-0.39, 0.29) is 18.7 Å². The normalized spacial score (nSPS) is 9.87. The van der Waals surface area contributed by atoms with Crippen molar-refractivity contribution in [2.45, 2.75) is 19.3 Å². The number of primary amides is 1. The number of hydrogen-bond acceptors (Lipinski definition) is 2. The monoisotopic (exact) mass is 207 g/mol. The summed E-state index contributed by atoms with van der Waals surface area (Å²) in [5, 5.41) is 8.52. The third-order valence-corrected chi connectivity index (χ3v) is 2.00. The van der Waals surface area contributed by atoms with Gasteiger partial charge in [-0.05, 0) is 17.5 Å². The number of aliphatic carboxylic acids is 1. The van der Waals surface area contributed by atoms with E-state index >= 15 is 0 Å². The van der Waals surface area contributed by atoms with Gasteiger partial charge in [0, 0.05) is 6.42 Å². The van der Waals surface area contributed by atoms with E-state index in [1.807, 2.05) is 12.1 Å². The van der Waals surface area contributed by atoms with Crippen LogP contribution in [0, 0.1) is 0 Å². The van der Waals surface area contributed by atoms with Gasteiger partial charge in [-0.1, -0.05) is 24.3 Å². The molecule has 0 spiro atoms. The van der Waals surface area contributed by atoms with Crippen LogP contribution in [0.4, 0.5) is 0 Å². The first kappa shape index (κ1) is 11.2. The Balaban J connectivity index is 2.65. The van der Waals surface area contributed by atoms with Crippen molar-refractivity contribution in [3.63, 3.8) is 0 Å². The van der Waals surface area contributed by atoms with Crippen LogP contribution in [-0.2, 0) is 22.4 Å². The second-order valence-corrected chi connectivity index (χ2v) is 3.36. The number of carbonyl (C=O) groups excluding carboxylic acids is 1. The number of aryl methyl sites for hydroxylation is 1. The molecule has 0 aromatic heterocycles. The Labute approximate surface area is 87.7 Å². The number of hydrogen-bond donors (Lipinski definition) is 2. The molecule has 4 nitrogen and oxygen atoms in total. The number of carbonyl (C=O) groups is 2. The van der Waals surface area contributed by atoms with Crippen molar-refractivity contribution in [3.05, 3.63) is 35.4 Å². The van der Waals surface area contributed by atoms with Crippen molar-refractivity contribution in [1.82, 2.24) is 0 Å². The zero-order valence-electron chi connectivity index (χ0n) is 8.27. The van der Waals surface area contributed by atoms with E-state index in [2.05, 4.69) is 0 Å². The fourth-order valence-corrected chi connectivity index (χ4v) is 1.35. The molecule has 0 bridgehead atoms. The summed E-state index contributed by atoms with van der Waals surface area (Å²) in [6.45, 7) is 0. The van der Waals surface area contributed by atoms with Crippen LogP contribution in [0.3, 0.4) is 0 Å². The molecule has 0 atom stereocenters. The zero-order chi connectivity index (χ0) is 11.3. The summed E-state index contributed by atoms with van der Waals surface area (Å²) >= 11 is 0. The molecule has 1 aromatic rings. The van der Waals surface area contributed by atoms with Gasteiger partial charge < -0.3 is 10.8 Å². The standard InChI is InChI=1S/C11H13NO3/c12-10(13)7-9-3-1-2-8(6-9)4-5-11(14)15/h1-3,6H,4-5,7H2,(H2,12,13)(H,14,15). The SMILES string of the molecule is NC(=O)Cc1cccc(CCC(=O)O)c1. The molecule has 0 unspecified atom stereocenters. The average molecular weight is 207 g/mol. The summed E-state index contributed by atoms with van der Waals surface area (Å²) in [6.07, 6.45) is 0.767. The van der Waals surface area contributed by atoms with Gasteiger partial charge >= 0.3 is 5.97 Å². The maximum absolute atomic E-state index is 10.7. The summed E-state index contributed by atoms with van der Waals surface area (Å²) in [7, 11) is 0. The van der Waals surface area contributed by atoms with E-state index in [1.165, 1.54) is 0 Å². The molecule has 0 heterocycles. The van der Waals surface area contributed by atoms with Crippen LogP contribution in [0.25, 0.3) is 0 Å². The molecule has 4 heteroatoms. The summed E-state index contributed by atoms with van der Waals surface area (Å²) in [5.41, 5.74) is 6.80. The quantitative estimate of drug-likeness (QED) is 0.746. The second kappa shape index (κ2) is 5.14. The number of benzene rings is 1. The predicted octanol–water partition coefficient (Wildman–Crippen LogP) is 0.732. The maximum Gasteiger partial charge on any atom is 0.303 e. The molecule has 0 saturated heterocycles. The van der Waals surface area contributed by atoms with E-state index < -0.39 is 5.97 Å². The Morgan fingerprint density at radius 3 is 2.53 bits per heavy atom. The van der Waals surface area contributed by atoms with Crippen molar-refractivity contribution in [3.8, 4) is 0 Å². The van der Waals surface area contributed by atoms with Gasteiger partial charge in [0.15, 0.2) is 0 Å². The highest BCUT2D eigenvalue weighted by molar-refractivity contribution is 5.76. The minimum absolute atomic E-state index is 0.0972. The fraction of sp³-hybridized carbons (Fsp3) is 0.273. The largest absolute Gasteiger partial charge is 0.481 e. The Hall–Kier alpha value is -1.84. The lowest BCUT2D eigenvalue weighted by Gasteiger charge is -2.02. The molecule has 0 aliphatic carbocycles. The molecule has 0 aliphatic rings. The van der Waals surface area contributed by atoms with Gasteiger partial charge in [0.05, 0.1) is 6.42 Å². The lowest BCUT2D eigenvalue weighted by molar-refractivity contribution is -0.137. The van der Waals surface area contributed by atoms with Gasteiger partial charge in [-0.2, -0.15) is 0 Å². The van der Waals surface area contributed by atoms with Gasteiger partial charge in [-0.25, -0.2) is 0 Å². The van der Waals surface area contributed by atoms with Crippen molar-refractivity contribution in [1.29, 1.82) is 0 Å². The highest BCUT2D eigenvalue weighted by Crippen LogP contribution is 2.08. The molecule has 15 heavy (non-hydrogen) atoms. The van der Waals surface area contributed by atoms with Crippen LogP contribution < -0.4 is 5.73 Å². The number of amides is 1. The Kier molecular flexibility index (Phi) is 3.85. The number of carboxylic acids is 1. The fourth-order valence-electron chi connectivity index (χ4n) is 1.35. The van der Waals surface area contributed by atoms with E-state index in [0.717, 1.165) is 11.1 Å². The van der Waals surface area contributed by atoms with Gasteiger partial charge in [0.2, 0.25) is 5.91 Å². The van der Waals surface area contributed by atoms with E-state index in [9.17, 15) is 9.59 Å². The van der Waals surface area contributed by atoms with Crippen LogP contribution in [-0.4, -0.2) is 17.0 Å². The first-order valence-electron chi connectivity index (χ1n) is 4.66. The molecule has 0 aliphatic heterocycles. The third-order valence-electron chi connectivity index (χ3n) is 2.00. The number of rotatable bonds is 5.